The highest BCUT2D eigenvalue weighted by Crippen LogP contribution is 2.38. The van der Waals surface area contributed by atoms with Crippen LogP contribution in [-0.2, 0) is 4.79 Å². The number of rotatable bonds is 6. The number of nitrogens with zero attached hydrogens (tertiary/aromatic N) is 1. The molecule has 29 heavy (non-hydrogen) atoms. The summed E-state index contributed by atoms with van der Waals surface area (Å²) in [5, 5.41) is 0. The molecule has 1 fully saturated rings. The largest absolute Gasteiger partial charge is 0.497 e. The standard InChI is InChI=1S/C23H27NO5/c1-26-18-6-8-19(9-7-18)27-15-11-23(25)24-12-2-4-20(24)17-5-10-21-22(16-17)29-14-3-13-28-21/h5-10,16,20H,2-4,11-15H2,1H3/t20-/m1/s1. The third-order valence-electron chi connectivity index (χ3n) is 5.37. The predicted molar refractivity (Wildman–Crippen MR) is 109 cm³/mol. The smallest absolute Gasteiger partial charge is 0.226 e. The predicted octanol–water partition coefficient (Wildman–Crippen LogP) is 3.99. The van der Waals surface area contributed by atoms with Crippen molar-refractivity contribution < 1.29 is 23.7 Å². The summed E-state index contributed by atoms with van der Waals surface area (Å²) in [7, 11) is 1.63. The zero-order valence-electron chi connectivity index (χ0n) is 16.8. The van der Waals surface area contributed by atoms with Crippen molar-refractivity contribution in [3.8, 4) is 23.0 Å². The maximum Gasteiger partial charge on any atom is 0.226 e. The number of fused-ring (bicyclic) bond motifs is 1. The molecule has 1 amide bonds. The van der Waals surface area contributed by atoms with E-state index in [1.807, 2.05) is 41.3 Å². The van der Waals surface area contributed by atoms with Crippen molar-refractivity contribution in [3.05, 3.63) is 48.0 Å². The van der Waals surface area contributed by atoms with E-state index >= 15 is 0 Å². The highest BCUT2D eigenvalue weighted by Gasteiger charge is 2.30. The van der Waals surface area contributed by atoms with E-state index in [-0.39, 0.29) is 11.9 Å². The molecule has 0 radical (unpaired) electrons. The third-order valence-corrected chi connectivity index (χ3v) is 5.37. The van der Waals surface area contributed by atoms with Crippen LogP contribution in [0.25, 0.3) is 0 Å². The van der Waals surface area contributed by atoms with Crippen molar-refractivity contribution in [1.82, 2.24) is 4.90 Å². The monoisotopic (exact) mass is 397 g/mol. The molecule has 0 spiro atoms. The number of hydrogen-bond donors (Lipinski definition) is 0. The number of ether oxygens (including phenoxy) is 4. The summed E-state index contributed by atoms with van der Waals surface area (Å²) in [5.74, 6) is 3.20. The zero-order chi connectivity index (χ0) is 20.1. The van der Waals surface area contributed by atoms with Gasteiger partial charge in [0.1, 0.15) is 11.5 Å². The minimum atomic E-state index is 0.0839. The van der Waals surface area contributed by atoms with Crippen LogP contribution in [0.3, 0.4) is 0 Å². The quantitative estimate of drug-likeness (QED) is 0.738. The number of amides is 1. The Morgan fingerprint density at radius 3 is 2.59 bits per heavy atom. The van der Waals surface area contributed by atoms with Crippen LogP contribution in [0.2, 0.25) is 0 Å². The normalized spacial score (nSPS) is 18.2. The number of methoxy groups -OCH3 is 1. The van der Waals surface area contributed by atoms with Crippen LogP contribution < -0.4 is 18.9 Å². The molecule has 2 heterocycles. The van der Waals surface area contributed by atoms with E-state index in [1.165, 1.54) is 0 Å². The van der Waals surface area contributed by atoms with Gasteiger partial charge in [0.2, 0.25) is 5.91 Å². The van der Waals surface area contributed by atoms with E-state index in [2.05, 4.69) is 6.07 Å². The van der Waals surface area contributed by atoms with Crippen molar-refractivity contribution in [2.75, 3.05) is 33.5 Å². The SMILES string of the molecule is COc1ccc(OCCC(=O)N2CCC[C@@H]2c2ccc3c(c2)OCCCO3)cc1. The molecular formula is C23H27NO5. The van der Waals surface area contributed by atoms with E-state index in [0.717, 1.165) is 54.4 Å². The number of carbonyl (C=O) groups excluding carboxylic acids is 1. The number of likely N-dealkylation sites (tertiary alicyclic amines) is 1. The van der Waals surface area contributed by atoms with E-state index in [4.69, 9.17) is 18.9 Å². The molecule has 2 aliphatic rings. The second kappa shape index (κ2) is 9.07. The number of carbonyl (C=O) groups is 1. The lowest BCUT2D eigenvalue weighted by molar-refractivity contribution is -0.132. The van der Waals surface area contributed by atoms with E-state index in [1.54, 1.807) is 7.11 Å². The Kier molecular flexibility index (Phi) is 6.08. The van der Waals surface area contributed by atoms with Crippen LogP contribution in [0.5, 0.6) is 23.0 Å². The molecule has 0 unspecified atom stereocenters. The van der Waals surface area contributed by atoms with Crippen molar-refractivity contribution >= 4 is 5.91 Å². The average Bonchev–Trinajstić information content (AvgIpc) is 3.13. The fourth-order valence-corrected chi connectivity index (χ4v) is 3.87. The van der Waals surface area contributed by atoms with Gasteiger partial charge in [-0.05, 0) is 54.8 Å². The summed E-state index contributed by atoms with van der Waals surface area (Å²) >= 11 is 0. The van der Waals surface area contributed by atoms with Crippen molar-refractivity contribution in [1.29, 1.82) is 0 Å². The Bertz CT molecular complexity index is 836. The summed E-state index contributed by atoms with van der Waals surface area (Å²) < 4.78 is 22.4. The Labute approximate surface area is 171 Å². The first-order chi connectivity index (χ1) is 14.2. The summed E-state index contributed by atoms with van der Waals surface area (Å²) in [6.07, 6.45) is 3.20. The van der Waals surface area contributed by atoms with E-state index in [9.17, 15) is 4.79 Å². The summed E-state index contributed by atoms with van der Waals surface area (Å²) in [6.45, 7) is 2.47. The molecule has 0 saturated carbocycles. The molecule has 2 aromatic rings. The molecule has 2 aromatic carbocycles. The molecule has 1 atom stereocenters. The first-order valence-electron chi connectivity index (χ1n) is 10.2. The first kappa shape index (κ1) is 19.4. The molecule has 0 aliphatic carbocycles. The first-order valence-corrected chi connectivity index (χ1v) is 10.2. The molecule has 2 aliphatic heterocycles. The minimum Gasteiger partial charge on any atom is -0.497 e. The van der Waals surface area contributed by atoms with E-state index in [0.29, 0.717) is 26.2 Å². The van der Waals surface area contributed by atoms with Gasteiger partial charge in [-0.3, -0.25) is 4.79 Å². The Hall–Kier alpha value is -2.89. The van der Waals surface area contributed by atoms with Gasteiger partial charge < -0.3 is 23.8 Å². The van der Waals surface area contributed by atoms with Crippen molar-refractivity contribution in [2.45, 2.75) is 31.7 Å². The third kappa shape index (κ3) is 4.58. The topological polar surface area (TPSA) is 57.2 Å². The molecule has 0 aromatic heterocycles. The molecule has 0 bridgehead atoms. The molecule has 154 valence electrons. The zero-order valence-corrected chi connectivity index (χ0v) is 16.8. The van der Waals surface area contributed by atoms with Crippen LogP contribution >= 0.6 is 0 Å². The average molecular weight is 397 g/mol. The number of benzene rings is 2. The van der Waals surface area contributed by atoms with Gasteiger partial charge in [-0.2, -0.15) is 0 Å². The second-order valence-corrected chi connectivity index (χ2v) is 7.28. The van der Waals surface area contributed by atoms with Gasteiger partial charge in [-0.25, -0.2) is 0 Å². The second-order valence-electron chi connectivity index (χ2n) is 7.28. The molecule has 1 saturated heterocycles. The van der Waals surface area contributed by atoms with Gasteiger partial charge in [0, 0.05) is 13.0 Å². The Morgan fingerprint density at radius 2 is 1.79 bits per heavy atom. The van der Waals surface area contributed by atoms with Gasteiger partial charge in [0.15, 0.2) is 11.5 Å². The number of hydrogen-bond acceptors (Lipinski definition) is 5. The van der Waals surface area contributed by atoms with Gasteiger partial charge >= 0.3 is 0 Å². The van der Waals surface area contributed by atoms with Crippen LogP contribution in [-0.4, -0.2) is 44.3 Å². The lowest BCUT2D eigenvalue weighted by Gasteiger charge is -2.26. The Morgan fingerprint density at radius 1 is 1.03 bits per heavy atom. The minimum absolute atomic E-state index is 0.0839. The Balaban J connectivity index is 1.36. The maximum atomic E-state index is 12.8. The van der Waals surface area contributed by atoms with Crippen LogP contribution in [0, 0.1) is 0 Å². The summed E-state index contributed by atoms with van der Waals surface area (Å²) in [6, 6.07) is 13.5. The molecule has 4 rings (SSSR count). The van der Waals surface area contributed by atoms with E-state index < -0.39 is 0 Å². The van der Waals surface area contributed by atoms with Crippen molar-refractivity contribution in [3.63, 3.8) is 0 Å². The van der Waals surface area contributed by atoms with Crippen LogP contribution in [0.4, 0.5) is 0 Å². The highest BCUT2D eigenvalue weighted by molar-refractivity contribution is 5.77. The molecular weight excluding hydrogens is 370 g/mol. The molecule has 0 N–H and O–H groups in total. The van der Waals surface area contributed by atoms with Crippen LogP contribution in [0.1, 0.15) is 37.3 Å². The van der Waals surface area contributed by atoms with Crippen LogP contribution in [0.15, 0.2) is 42.5 Å². The highest BCUT2D eigenvalue weighted by atomic mass is 16.5. The fourth-order valence-electron chi connectivity index (χ4n) is 3.87. The van der Waals surface area contributed by atoms with Gasteiger partial charge in [-0.1, -0.05) is 6.07 Å². The molecule has 6 heteroatoms. The fraction of sp³-hybridized carbons (Fsp3) is 0.435. The summed E-state index contributed by atoms with van der Waals surface area (Å²) in [5.41, 5.74) is 1.11. The van der Waals surface area contributed by atoms with Crippen molar-refractivity contribution in [2.24, 2.45) is 0 Å². The lowest BCUT2D eigenvalue weighted by atomic mass is 10.0. The van der Waals surface area contributed by atoms with Gasteiger partial charge in [0.25, 0.3) is 0 Å². The lowest BCUT2D eigenvalue weighted by Crippen LogP contribution is -2.31. The summed E-state index contributed by atoms with van der Waals surface area (Å²) in [4.78, 5) is 14.8. The van der Waals surface area contributed by atoms with Gasteiger partial charge in [-0.15, -0.1) is 0 Å². The maximum absolute atomic E-state index is 12.8. The molecule has 6 nitrogen and oxygen atoms in total. The van der Waals surface area contributed by atoms with Gasteiger partial charge in [0.05, 0.1) is 39.4 Å².